The van der Waals surface area contributed by atoms with Crippen LogP contribution in [0, 0.1) is 5.92 Å². The first-order valence-electron chi connectivity index (χ1n) is 6.08. The van der Waals surface area contributed by atoms with Crippen molar-refractivity contribution in [1.82, 2.24) is 9.97 Å². The molecule has 0 atom stereocenters. The van der Waals surface area contributed by atoms with Gasteiger partial charge in [-0.3, -0.25) is 0 Å². The van der Waals surface area contributed by atoms with Gasteiger partial charge >= 0.3 is 0 Å². The summed E-state index contributed by atoms with van der Waals surface area (Å²) in [6, 6.07) is 2.02. The van der Waals surface area contributed by atoms with E-state index < -0.39 is 0 Å². The van der Waals surface area contributed by atoms with Crippen LogP contribution in [0.3, 0.4) is 0 Å². The minimum absolute atomic E-state index is 0.891. The number of nitrogens with zero attached hydrogens (tertiary/aromatic N) is 3. The molecule has 0 aliphatic carbocycles. The lowest BCUT2D eigenvalue weighted by atomic mass is 9.94. The van der Waals surface area contributed by atoms with Crippen LogP contribution in [0.25, 0.3) is 0 Å². The van der Waals surface area contributed by atoms with Crippen molar-refractivity contribution in [1.29, 1.82) is 0 Å². The number of nitrogens with one attached hydrogen (secondary N) is 1. The highest BCUT2D eigenvalue weighted by atomic mass is 15.2. The molecule has 0 amide bonds. The molecule has 2 heterocycles. The summed E-state index contributed by atoms with van der Waals surface area (Å²) in [6.07, 6.45) is 5.51. The Morgan fingerprint density at radius 3 is 2.75 bits per heavy atom. The Bertz CT molecular complexity index is 332. The normalized spacial score (nSPS) is 17.5. The van der Waals surface area contributed by atoms with Gasteiger partial charge in [0, 0.05) is 26.2 Å². The van der Waals surface area contributed by atoms with Crippen LogP contribution in [-0.2, 0) is 0 Å². The highest BCUT2D eigenvalue weighted by Gasteiger charge is 2.18. The molecule has 1 N–H and O–H groups in total. The maximum Gasteiger partial charge on any atom is 0.134 e. The minimum Gasteiger partial charge on any atom is -0.373 e. The molecule has 1 aromatic heterocycles. The third-order valence-corrected chi connectivity index (χ3v) is 3.42. The van der Waals surface area contributed by atoms with Crippen molar-refractivity contribution in [2.75, 3.05) is 30.4 Å². The van der Waals surface area contributed by atoms with Crippen molar-refractivity contribution in [2.45, 2.75) is 26.2 Å². The van der Waals surface area contributed by atoms with E-state index in [0.717, 1.165) is 30.6 Å². The average molecular weight is 220 g/mol. The topological polar surface area (TPSA) is 41.0 Å². The van der Waals surface area contributed by atoms with Crippen LogP contribution >= 0.6 is 0 Å². The summed E-state index contributed by atoms with van der Waals surface area (Å²) >= 11 is 0. The Balaban J connectivity index is 2.02. The van der Waals surface area contributed by atoms with Gasteiger partial charge in [-0.1, -0.05) is 13.3 Å². The van der Waals surface area contributed by atoms with Gasteiger partial charge in [0.25, 0.3) is 0 Å². The number of rotatable bonds is 3. The third-order valence-electron chi connectivity index (χ3n) is 3.42. The Kier molecular flexibility index (Phi) is 3.59. The van der Waals surface area contributed by atoms with E-state index in [4.69, 9.17) is 0 Å². The van der Waals surface area contributed by atoms with Gasteiger partial charge in [0.2, 0.25) is 0 Å². The van der Waals surface area contributed by atoms with Crippen molar-refractivity contribution in [3.8, 4) is 0 Å². The quantitative estimate of drug-likeness (QED) is 0.847. The molecule has 0 bridgehead atoms. The number of piperidine rings is 1. The molecule has 0 spiro atoms. The minimum atomic E-state index is 0.891. The van der Waals surface area contributed by atoms with E-state index in [1.54, 1.807) is 6.33 Å². The zero-order valence-electron chi connectivity index (χ0n) is 10.1. The summed E-state index contributed by atoms with van der Waals surface area (Å²) in [6.45, 7) is 4.53. The van der Waals surface area contributed by atoms with Crippen LogP contribution in [0.15, 0.2) is 12.4 Å². The zero-order chi connectivity index (χ0) is 11.4. The van der Waals surface area contributed by atoms with Crippen molar-refractivity contribution in [2.24, 2.45) is 5.92 Å². The SMILES string of the molecule is CCC1CCN(c2cc(NC)ncn2)CC1. The maximum absolute atomic E-state index is 4.34. The van der Waals surface area contributed by atoms with E-state index >= 15 is 0 Å². The highest BCUT2D eigenvalue weighted by Crippen LogP contribution is 2.24. The van der Waals surface area contributed by atoms with Crippen LogP contribution in [0.2, 0.25) is 0 Å². The number of hydrogen-bond donors (Lipinski definition) is 1. The summed E-state index contributed by atoms with van der Waals surface area (Å²) < 4.78 is 0. The van der Waals surface area contributed by atoms with Gasteiger partial charge in [0.1, 0.15) is 18.0 Å². The van der Waals surface area contributed by atoms with Crippen molar-refractivity contribution in [3.63, 3.8) is 0 Å². The van der Waals surface area contributed by atoms with Crippen LogP contribution in [0.5, 0.6) is 0 Å². The van der Waals surface area contributed by atoms with Gasteiger partial charge in [0.05, 0.1) is 0 Å². The van der Waals surface area contributed by atoms with Crippen LogP contribution in [0.1, 0.15) is 26.2 Å². The first-order valence-corrected chi connectivity index (χ1v) is 6.08. The molecule has 88 valence electrons. The molecule has 1 aliphatic rings. The zero-order valence-corrected chi connectivity index (χ0v) is 10.1. The lowest BCUT2D eigenvalue weighted by molar-refractivity contribution is 0.393. The second-order valence-corrected chi connectivity index (χ2v) is 4.35. The Hall–Kier alpha value is -1.32. The van der Waals surface area contributed by atoms with Gasteiger partial charge < -0.3 is 10.2 Å². The van der Waals surface area contributed by atoms with Gasteiger partial charge in [-0.25, -0.2) is 9.97 Å². The number of anilines is 2. The van der Waals surface area contributed by atoms with Crippen molar-refractivity contribution >= 4 is 11.6 Å². The molecule has 2 rings (SSSR count). The number of aromatic nitrogens is 2. The van der Waals surface area contributed by atoms with Crippen molar-refractivity contribution < 1.29 is 0 Å². The fourth-order valence-electron chi connectivity index (χ4n) is 2.23. The molecule has 4 heteroatoms. The highest BCUT2D eigenvalue weighted by molar-refractivity contribution is 5.48. The molecule has 0 radical (unpaired) electrons. The summed E-state index contributed by atoms with van der Waals surface area (Å²) in [7, 11) is 1.88. The molecular formula is C12H20N4. The molecule has 4 nitrogen and oxygen atoms in total. The standard InChI is InChI=1S/C12H20N4/c1-3-10-4-6-16(7-5-10)12-8-11(13-2)14-9-15-12/h8-10H,3-7H2,1-2H3,(H,13,14,15). The predicted molar refractivity (Wildman–Crippen MR) is 66.8 cm³/mol. The predicted octanol–water partition coefficient (Wildman–Crippen LogP) is 2.14. The molecule has 0 saturated carbocycles. The van der Waals surface area contributed by atoms with Crippen LogP contribution < -0.4 is 10.2 Å². The van der Waals surface area contributed by atoms with E-state index in [1.807, 2.05) is 13.1 Å². The fraction of sp³-hybridized carbons (Fsp3) is 0.667. The Labute approximate surface area is 97.1 Å². The van der Waals surface area contributed by atoms with Gasteiger partial charge in [-0.05, 0) is 18.8 Å². The second kappa shape index (κ2) is 5.14. The van der Waals surface area contributed by atoms with E-state index in [0.29, 0.717) is 0 Å². The third kappa shape index (κ3) is 2.43. The maximum atomic E-state index is 4.34. The lowest BCUT2D eigenvalue weighted by Gasteiger charge is -2.32. The summed E-state index contributed by atoms with van der Waals surface area (Å²) in [5.41, 5.74) is 0. The van der Waals surface area contributed by atoms with E-state index in [2.05, 4.69) is 27.1 Å². The molecule has 0 unspecified atom stereocenters. The Morgan fingerprint density at radius 2 is 2.12 bits per heavy atom. The Morgan fingerprint density at radius 1 is 1.38 bits per heavy atom. The first kappa shape index (κ1) is 11.2. The summed E-state index contributed by atoms with van der Waals surface area (Å²) in [5, 5.41) is 3.05. The summed E-state index contributed by atoms with van der Waals surface area (Å²) in [5.74, 6) is 2.85. The van der Waals surface area contributed by atoms with Gasteiger partial charge in [-0.15, -0.1) is 0 Å². The van der Waals surface area contributed by atoms with E-state index in [1.165, 1.54) is 19.3 Å². The second-order valence-electron chi connectivity index (χ2n) is 4.35. The largest absolute Gasteiger partial charge is 0.373 e. The fourth-order valence-corrected chi connectivity index (χ4v) is 2.23. The van der Waals surface area contributed by atoms with Crippen molar-refractivity contribution in [3.05, 3.63) is 12.4 Å². The molecule has 1 saturated heterocycles. The van der Waals surface area contributed by atoms with Crippen LogP contribution in [0.4, 0.5) is 11.6 Å². The summed E-state index contributed by atoms with van der Waals surface area (Å²) in [4.78, 5) is 10.8. The molecular weight excluding hydrogens is 200 g/mol. The smallest absolute Gasteiger partial charge is 0.134 e. The average Bonchev–Trinajstić information content (AvgIpc) is 2.39. The van der Waals surface area contributed by atoms with Crippen LogP contribution in [-0.4, -0.2) is 30.1 Å². The van der Waals surface area contributed by atoms with Gasteiger partial charge in [-0.2, -0.15) is 0 Å². The van der Waals surface area contributed by atoms with Gasteiger partial charge in [0.15, 0.2) is 0 Å². The number of hydrogen-bond acceptors (Lipinski definition) is 4. The lowest BCUT2D eigenvalue weighted by Crippen LogP contribution is -2.34. The molecule has 0 aromatic carbocycles. The molecule has 16 heavy (non-hydrogen) atoms. The molecule has 1 aliphatic heterocycles. The first-order chi connectivity index (χ1) is 7.83. The van der Waals surface area contributed by atoms with E-state index in [9.17, 15) is 0 Å². The molecule has 1 aromatic rings. The monoisotopic (exact) mass is 220 g/mol. The molecule has 1 fully saturated rings. The van der Waals surface area contributed by atoms with E-state index in [-0.39, 0.29) is 0 Å².